The van der Waals surface area contributed by atoms with Crippen molar-refractivity contribution in [1.29, 1.82) is 0 Å². The summed E-state index contributed by atoms with van der Waals surface area (Å²) in [5.74, 6) is 1.47. The smallest absolute Gasteiger partial charge is 0.407 e. The molecule has 8 rings (SSSR count). The first-order valence-corrected chi connectivity index (χ1v) is 21.1. The summed E-state index contributed by atoms with van der Waals surface area (Å²) >= 11 is 0. The van der Waals surface area contributed by atoms with Crippen molar-refractivity contribution in [3.63, 3.8) is 0 Å². The molecule has 14 nitrogen and oxygen atoms in total. The summed E-state index contributed by atoms with van der Waals surface area (Å²) in [6.45, 7) is 6.45. The molecule has 2 bridgehead atoms. The van der Waals surface area contributed by atoms with Crippen LogP contribution in [0.5, 0.6) is 0 Å². The molecule has 1 saturated carbocycles. The van der Waals surface area contributed by atoms with E-state index in [0.717, 1.165) is 101 Å². The fraction of sp³-hybridized carbons (Fsp3) is 0.435. The number of aromatic nitrogens is 4. The van der Waals surface area contributed by atoms with Crippen molar-refractivity contribution in [1.82, 2.24) is 40.4 Å². The Bertz CT molecular complexity index is 2390. The lowest BCUT2D eigenvalue weighted by Gasteiger charge is -2.43. The molecule has 1 aliphatic carbocycles. The molecule has 1 unspecified atom stereocenters. The number of aromatic amines is 2. The second-order valence-corrected chi connectivity index (χ2v) is 16.8. The molecule has 2 aromatic heterocycles. The van der Waals surface area contributed by atoms with Crippen LogP contribution in [-0.2, 0) is 19.1 Å². The van der Waals surface area contributed by atoms with Crippen LogP contribution in [0.25, 0.3) is 44.4 Å². The van der Waals surface area contributed by atoms with Crippen molar-refractivity contribution < 1.29 is 28.7 Å². The number of H-pyrrole nitrogens is 2. The average molecular weight is 815 g/mol. The van der Waals surface area contributed by atoms with E-state index in [1.807, 2.05) is 36.0 Å². The highest BCUT2D eigenvalue weighted by Gasteiger charge is 2.58. The summed E-state index contributed by atoms with van der Waals surface area (Å²) in [6.07, 6.45) is 8.91. The van der Waals surface area contributed by atoms with Gasteiger partial charge in [0.2, 0.25) is 11.8 Å². The zero-order valence-electron chi connectivity index (χ0n) is 34.9. The van der Waals surface area contributed by atoms with Crippen LogP contribution in [0.15, 0.2) is 73.1 Å². The molecule has 2 saturated heterocycles. The van der Waals surface area contributed by atoms with Gasteiger partial charge in [0.1, 0.15) is 24.2 Å². The number of hydrogen-bond acceptors (Lipinski definition) is 8. The quantitative estimate of drug-likeness (QED) is 0.0983. The normalized spacial score (nSPS) is 21.4. The number of carbonyl (C=O) groups excluding carboxylic acids is 4. The Labute approximate surface area is 349 Å². The number of alkyl carbamates (subject to hydrolysis) is 2. The fourth-order valence-electron chi connectivity index (χ4n) is 9.94. The van der Waals surface area contributed by atoms with Gasteiger partial charge >= 0.3 is 12.2 Å². The highest BCUT2D eigenvalue weighted by molar-refractivity contribution is 5.91. The summed E-state index contributed by atoms with van der Waals surface area (Å²) < 4.78 is 9.49. The molecule has 314 valence electrons. The minimum absolute atomic E-state index is 0.105. The van der Waals surface area contributed by atoms with Gasteiger partial charge in [-0.15, -0.1) is 0 Å². The number of carbonyl (C=O) groups is 4. The van der Waals surface area contributed by atoms with Crippen LogP contribution in [0.2, 0.25) is 0 Å². The van der Waals surface area contributed by atoms with E-state index in [2.05, 4.69) is 88.2 Å². The van der Waals surface area contributed by atoms with E-state index in [4.69, 9.17) is 19.4 Å². The fourth-order valence-corrected chi connectivity index (χ4v) is 9.94. The number of nitrogens with zero attached hydrogens (tertiary/aromatic N) is 4. The van der Waals surface area contributed by atoms with Crippen LogP contribution >= 0.6 is 0 Å². The summed E-state index contributed by atoms with van der Waals surface area (Å²) in [4.78, 5) is 71.5. The molecule has 14 heteroatoms. The van der Waals surface area contributed by atoms with Crippen LogP contribution in [0.4, 0.5) is 9.59 Å². The van der Waals surface area contributed by atoms with Gasteiger partial charge in [-0.1, -0.05) is 75.7 Å². The molecule has 5 aromatic rings. The molecule has 0 radical (unpaired) electrons. The molecule has 4 heterocycles. The van der Waals surface area contributed by atoms with Crippen molar-refractivity contribution in [2.75, 3.05) is 27.3 Å². The number of rotatable bonds is 12. The van der Waals surface area contributed by atoms with Crippen LogP contribution in [0.1, 0.15) is 89.4 Å². The lowest BCUT2D eigenvalue weighted by atomic mass is 9.90. The van der Waals surface area contributed by atoms with Gasteiger partial charge in [-0.05, 0) is 90.0 Å². The van der Waals surface area contributed by atoms with Gasteiger partial charge in [0.05, 0.1) is 50.1 Å². The summed E-state index contributed by atoms with van der Waals surface area (Å²) in [6, 6.07) is 20.2. The third-order valence-corrected chi connectivity index (χ3v) is 12.8. The van der Waals surface area contributed by atoms with Gasteiger partial charge in [0, 0.05) is 17.6 Å². The molecule has 4 amide bonds. The van der Waals surface area contributed by atoms with E-state index < -0.39 is 18.2 Å². The van der Waals surface area contributed by atoms with Crippen LogP contribution in [0.3, 0.4) is 0 Å². The van der Waals surface area contributed by atoms with E-state index in [9.17, 15) is 19.2 Å². The van der Waals surface area contributed by atoms with E-state index >= 15 is 0 Å². The number of piperidine rings is 1. The Kier molecular flexibility index (Phi) is 11.4. The lowest BCUT2D eigenvalue weighted by Crippen LogP contribution is -2.52. The number of amides is 4. The zero-order chi connectivity index (χ0) is 42.1. The van der Waals surface area contributed by atoms with E-state index in [0.29, 0.717) is 12.5 Å². The Morgan fingerprint density at radius 1 is 0.833 bits per heavy atom. The van der Waals surface area contributed by atoms with E-state index in [1.54, 1.807) is 0 Å². The van der Waals surface area contributed by atoms with Gasteiger partial charge in [0.25, 0.3) is 0 Å². The SMILES string of the molecule is CCC[C@@]12CC[C@@H](C1)C(c1ncc(-c3ccc(-c4ccc5cc(-c6cnc([C@@H]7CCCN7C(=O)[C@@H](NC(=O)OC)C(C)C)[nH]6)ccc5c4)cc3)[nH]1)N2C(=O)CNC(=O)OC. The zero-order valence-corrected chi connectivity index (χ0v) is 34.9. The molecule has 2 aliphatic heterocycles. The van der Waals surface area contributed by atoms with Gasteiger partial charge in [0.15, 0.2) is 0 Å². The highest BCUT2D eigenvalue weighted by atomic mass is 16.5. The largest absolute Gasteiger partial charge is 0.453 e. The first kappa shape index (κ1) is 40.6. The molecule has 3 aromatic carbocycles. The third kappa shape index (κ3) is 7.70. The van der Waals surface area contributed by atoms with Crippen LogP contribution in [-0.4, -0.2) is 92.6 Å². The van der Waals surface area contributed by atoms with Crippen LogP contribution in [0, 0.1) is 11.8 Å². The monoisotopic (exact) mass is 814 g/mol. The maximum absolute atomic E-state index is 13.7. The second-order valence-electron chi connectivity index (χ2n) is 16.8. The average Bonchev–Trinajstić information content (AvgIpc) is 4.12. The number of nitrogens with one attached hydrogen (secondary N) is 4. The summed E-state index contributed by atoms with van der Waals surface area (Å²) in [5, 5.41) is 7.49. The Balaban J connectivity index is 0.958. The first-order valence-electron chi connectivity index (χ1n) is 21.1. The Morgan fingerprint density at radius 3 is 2.17 bits per heavy atom. The predicted octanol–water partition coefficient (Wildman–Crippen LogP) is 7.91. The summed E-state index contributed by atoms with van der Waals surface area (Å²) in [7, 11) is 2.59. The Morgan fingerprint density at radius 2 is 1.47 bits per heavy atom. The standard InChI is InChI=1S/C46H54N8O6/c1-6-18-46-19-17-34(23-46)40(54(46)38(55)26-49-44(57)59-4)42-48-24-35(51-42)29-11-9-28(10-12-29)30-13-14-32-22-33(16-15-31(32)21-30)36-25-47-41(50-36)37-8-7-20-53(37)43(56)39(27(2)3)52-45(58)60-5/h9-16,21-22,24-25,27,34,37,39-40H,6-8,17-20,23,26H2,1-5H3,(H,47,50)(H,48,51)(H,49,57)(H,52,58)/t34-,37-,39-,40?,46+/m0/s1. The van der Waals surface area contributed by atoms with Crippen molar-refractivity contribution in [3.05, 3.63) is 84.7 Å². The molecule has 3 fully saturated rings. The minimum atomic E-state index is -0.688. The number of hydrogen-bond donors (Lipinski definition) is 4. The predicted molar refractivity (Wildman–Crippen MR) is 227 cm³/mol. The van der Waals surface area contributed by atoms with Crippen LogP contribution < -0.4 is 10.6 Å². The molecule has 4 N–H and O–H groups in total. The number of benzene rings is 3. The topological polar surface area (TPSA) is 175 Å². The van der Waals surface area contributed by atoms with Gasteiger partial charge in [-0.2, -0.15) is 0 Å². The second kappa shape index (κ2) is 16.8. The number of likely N-dealkylation sites (tertiary alicyclic amines) is 2. The minimum Gasteiger partial charge on any atom is -0.453 e. The van der Waals surface area contributed by atoms with Gasteiger partial charge in [-0.25, -0.2) is 19.6 Å². The molecule has 0 spiro atoms. The van der Waals surface area contributed by atoms with E-state index in [-0.39, 0.29) is 41.9 Å². The molecule has 3 aliphatic rings. The molecular weight excluding hydrogens is 761 g/mol. The maximum Gasteiger partial charge on any atom is 0.407 e. The number of ether oxygens (including phenoxy) is 2. The number of methoxy groups -OCH3 is 2. The Hall–Kier alpha value is -6.18. The van der Waals surface area contributed by atoms with E-state index in [1.165, 1.54) is 14.2 Å². The third-order valence-electron chi connectivity index (χ3n) is 12.8. The van der Waals surface area contributed by atoms with Crippen molar-refractivity contribution in [2.24, 2.45) is 11.8 Å². The first-order chi connectivity index (χ1) is 29.0. The molecular formula is C46H54N8O6. The van der Waals surface area contributed by atoms with Gasteiger partial charge < -0.3 is 39.9 Å². The molecule has 5 atom stereocenters. The summed E-state index contributed by atoms with van der Waals surface area (Å²) in [5.41, 5.74) is 5.73. The molecule has 60 heavy (non-hydrogen) atoms. The highest BCUT2D eigenvalue weighted by Crippen LogP contribution is 2.58. The van der Waals surface area contributed by atoms with Crippen molar-refractivity contribution >= 4 is 34.8 Å². The number of imidazole rings is 2. The van der Waals surface area contributed by atoms with Crippen molar-refractivity contribution in [3.8, 4) is 33.6 Å². The lowest BCUT2D eigenvalue weighted by molar-refractivity contribution is -0.139. The number of fused-ring (bicyclic) bond motifs is 3. The van der Waals surface area contributed by atoms with Gasteiger partial charge in [-0.3, -0.25) is 9.59 Å². The van der Waals surface area contributed by atoms with Crippen molar-refractivity contribution in [2.45, 2.75) is 89.4 Å². The maximum atomic E-state index is 13.7.